The van der Waals surface area contributed by atoms with Crippen molar-refractivity contribution in [3.63, 3.8) is 0 Å². The minimum Gasteiger partial charge on any atom is -0.0908 e. The van der Waals surface area contributed by atoms with Crippen LogP contribution in [0.25, 0.3) is 0 Å². The molecule has 0 aromatic rings. The summed E-state index contributed by atoms with van der Waals surface area (Å²) in [6, 6.07) is 0. The highest BCUT2D eigenvalue weighted by atomic mass is 79.9. The molecular formula is C9H15Br. The summed E-state index contributed by atoms with van der Waals surface area (Å²) >= 11 is 3.07. The van der Waals surface area contributed by atoms with Crippen LogP contribution < -0.4 is 0 Å². The van der Waals surface area contributed by atoms with E-state index in [1.165, 1.54) is 32.1 Å². The van der Waals surface area contributed by atoms with Crippen molar-refractivity contribution < 1.29 is 0 Å². The molecule has 10 heavy (non-hydrogen) atoms. The van der Waals surface area contributed by atoms with Crippen LogP contribution in [0.15, 0.2) is 0 Å². The van der Waals surface area contributed by atoms with E-state index < -0.39 is 0 Å². The Labute approximate surface area is 72.5 Å². The Hall–Kier alpha value is 0.0400. The molecule has 0 rings (SSSR count). The topological polar surface area (TPSA) is 0 Å². The van der Waals surface area contributed by atoms with Crippen molar-refractivity contribution in [2.45, 2.75) is 45.4 Å². The lowest BCUT2D eigenvalue weighted by atomic mass is 10.1. The summed E-state index contributed by atoms with van der Waals surface area (Å²) < 4.78 is 0. The summed E-state index contributed by atoms with van der Waals surface area (Å²) in [7, 11) is 0. The first-order valence-electron chi connectivity index (χ1n) is 4.00. The van der Waals surface area contributed by atoms with E-state index in [9.17, 15) is 0 Å². The maximum atomic E-state index is 3.07. The highest BCUT2D eigenvalue weighted by molar-refractivity contribution is 9.12. The summed E-state index contributed by atoms with van der Waals surface area (Å²) in [6.07, 6.45) is 7.73. The van der Waals surface area contributed by atoms with E-state index in [4.69, 9.17) is 0 Å². The summed E-state index contributed by atoms with van der Waals surface area (Å²) in [6.45, 7) is 2.23. The van der Waals surface area contributed by atoms with Crippen LogP contribution in [-0.2, 0) is 0 Å². The summed E-state index contributed by atoms with van der Waals surface area (Å²) in [5.41, 5.74) is 0. The summed E-state index contributed by atoms with van der Waals surface area (Å²) in [5.74, 6) is 2.99. The van der Waals surface area contributed by atoms with Gasteiger partial charge in [-0.2, -0.15) is 0 Å². The van der Waals surface area contributed by atoms with Gasteiger partial charge in [0, 0.05) is 22.4 Å². The van der Waals surface area contributed by atoms with Crippen molar-refractivity contribution in [1.29, 1.82) is 0 Å². The second kappa shape index (κ2) is 9.04. The third-order valence-corrected chi connectivity index (χ3v) is 1.75. The van der Waals surface area contributed by atoms with Gasteiger partial charge in [0.2, 0.25) is 0 Å². The molecule has 0 amide bonds. The first-order chi connectivity index (χ1) is 4.91. The van der Waals surface area contributed by atoms with E-state index in [1.807, 2.05) is 0 Å². The molecule has 58 valence electrons. The zero-order valence-electron chi connectivity index (χ0n) is 6.62. The molecule has 0 aliphatic carbocycles. The van der Waals surface area contributed by atoms with Gasteiger partial charge in [-0.3, -0.25) is 0 Å². The number of rotatable bonds is 5. The smallest absolute Gasteiger partial charge is 0.0106 e. The van der Waals surface area contributed by atoms with E-state index in [-0.39, 0.29) is 0 Å². The average molecular weight is 203 g/mol. The maximum Gasteiger partial charge on any atom is 0.0106 e. The number of halogens is 1. The van der Waals surface area contributed by atoms with Gasteiger partial charge in [0.05, 0.1) is 0 Å². The van der Waals surface area contributed by atoms with Crippen LogP contribution in [0.2, 0.25) is 0 Å². The van der Waals surface area contributed by atoms with Crippen molar-refractivity contribution in [2.24, 2.45) is 0 Å². The molecule has 0 atom stereocenters. The van der Waals surface area contributed by atoms with Gasteiger partial charge in [0.25, 0.3) is 0 Å². The van der Waals surface area contributed by atoms with Crippen LogP contribution in [0.1, 0.15) is 45.4 Å². The fraction of sp³-hybridized carbons (Fsp3) is 0.778. The largest absolute Gasteiger partial charge is 0.0908 e. The van der Waals surface area contributed by atoms with Crippen LogP contribution in [0.5, 0.6) is 0 Å². The standard InChI is InChI=1S/C9H15Br/c1-2-3-4-5-6-7-8-9-10/h2-7H2,1H3. The van der Waals surface area contributed by atoms with Gasteiger partial charge < -0.3 is 0 Å². The molecule has 0 aliphatic heterocycles. The normalized spacial score (nSPS) is 8.60. The monoisotopic (exact) mass is 202 g/mol. The molecule has 0 N–H and O–H groups in total. The van der Waals surface area contributed by atoms with Crippen LogP contribution >= 0.6 is 15.9 Å². The second-order valence-corrected chi connectivity index (χ2v) is 2.83. The number of unbranched alkanes of at least 4 members (excludes halogenated alkanes) is 5. The third kappa shape index (κ3) is 8.04. The summed E-state index contributed by atoms with van der Waals surface area (Å²) in [4.78, 5) is 2.72. The van der Waals surface area contributed by atoms with Gasteiger partial charge in [-0.25, -0.2) is 0 Å². The van der Waals surface area contributed by atoms with E-state index in [2.05, 4.69) is 33.6 Å². The minimum absolute atomic E-state index is 1.05. The van der Waals surface area contributed by atoms with Gasteiger partial charge in [0.15, 0.2) is 0 Å². The number of hydrogen-bond donors (Lipinski definition) is 0. The molecule has 0 unspecified atom stereocenters. The van der Waals surface area contributed by atoms with Gasteiger partial charge in [-0.1, -0.05) is 38.5 Å². The predicted octanol–water partition coefficient (Wildman–Crippen LogP) is 3.70. The van der Waals surface area contributed by atoms with Gasteiger partial charge in [-0.05, 0) is 11.3 Å². The van der Waals surface area contributed by atoms with Crippen molar-refractivity contribution in [1.82, 2.24) is 0 Å². The van der Waals surface area contributed by atoms with Crippen LogP contribution in [0.4, 0.5) is 0 Å². The van der Waals surface area contributed by atoms with Crippen molar-refractivity contribution in [2.75, 3.05) is 0 Å². The third-order valence-electron chi connectivity index (χ3n) is 1.47. The quantitative estimate of drug-likeness (QED) is 0.472. The molecule has 1 heteroatoms. The molecule has 0 bridgehead atoms. The lowest BCUT2D eigenvalue weighted by molar-refractivity contribution is 0.641. The van der Waals surface area contributed by atoms with Gasteiger partial charge in [-0.15, -0.1) is 0 Å². The second-order valence-electron chi connectivity index (χ2n) is 2.44. The lowest BCUT2D eigenvalue weighted by Gasteiger charge is -1.93. The molecule has 0 heterocycles. The van der Waals surface area contributed by atoms with Crippen molar-refractivity contribution in [3.8, 4) is 10.8 Å². The van der Waals surface area contributed by atoms with Crippen molar-refractivity contribution >= 4 is 15.9 Å². The molecule has 0 spiro atoms. The molecular weight excluding hydrogens is 188 g/mol. The first-order valence-corrected chi connectivity index (χ1v) is 4.79. The minimum atomic E-state index is 1.05. The lowest BCUT2D eigenvalue weighted by Crippen LogP contribution is -1.75. The Kier molecular flexibility index (Phi) is 9.08. The van der Waals surface area contributed by atoms with Gasteiger partial charge >= 0.3 is 0 Å². The first kappa shape index (κ1) is 10.0. The Morgan fingerprint density at radius 2 is 1.80 bits per heavy atom. The van der Waals surface area contributed by atoms with E-state index in [0.717, 1.165) is 6.42 Å². The zero-order valence-corrected chi connectivity index (χ0v) is 8.21. The van der Waals surface area contributed by atoms with Crippen LogP contribution in [0, 0.1) is 10.8 Å². The highest BCUT2D eigenvalue weighted by Gasteiger charge is 1.85. The Morgan fingerprint density at radius 1 is 1.10 bits per heavy atom. The van der Waals surface area contributed by atoms with Crippen molar-refractivity contribution in [3.05, 3.63) is 0 Å². The molecule has 0 saturated heterocycles. The predicted molar refractivity (Wildman–Crippen MR) is 50.1 cm³/mol. The van der Waals surface area contributed by atoms with Gasteiger partial charge in [0.1, 0.15) is 0 Å². The Balaban J connectivity index is 2.82. The molecule has 0 aliphatic rings. The molecule has 0 fully saturated rings. The zero-order chi connectivity index (χ0) is 7.66. The summed E-state index contributed by atoms with van der Waals surface area (Å²) in [5, 5.41) is 0. The van der Waals surface area contributed by atoms with E-state index in [0.29, 0.717) is 0 Å². The van der Waals surface area contributed by atoms with E-state index in [1.54, 1.807) is 0 Å². The van der Waals surface area contributed by atoms with Crippen LogP contribution in [-0.4, -0.2) is 0 Å². The SMILES string of the molecule is CCCCCCCC#CBr. The van der Waals surface area contributed by atoms with Crippen LogP contribution in [0.3, 0.4) is 0 Å². The number of hydrogen-bond acceptors (Lipinski definition) is 0. The van der Waals surface area contributed by atoms with E-state index >= 15 is 0 Å². The highest BCUT2D eigenvalue weighted by Crippen LogP contribution is 2.03. The molecule has 0 saturated carbocycles. The molecule has 0 aromatic heterocycles. The Bertz CT molecular complexity index is 108. The maximum absolute atomic E-state index is 3.07. The molecule has 0 radical (unpaired) electrons. The fourth-order valence-electron chi connectivity index (χ4n) is 0.864. The molecule has 0 aromatic carbocycles. The average Bonchev–Trinajstić information content (AvgIpc) is 1.97. The Morgan fingerprint density at radius 3 is 2.40 bits per heavy atom. The fourth-order valence-corrected chi connectivity index (χ4v) is 1.06. The molecule has 0 nitrogen and oxygen atoms in total.